The third-order valence-electron chi connectivity index (χ3n) is 4.65. The zero-order chi connectivity index (χ0) is 20.5. The van der Waals surface area contributed by atoms with Crippen molar-refractivity contribution in [2.75, 3.05) is 7.11 Å². The fourth-order valence-corrected chi connectivity index (χ4v) is 3.55. The van der Waals surface area contributed by atoms with Crippen LogP contribution in [-0.2, 0) is 11.3 Å². The van der Waals surface area contributed by atoms with Crippen LogP contribution in [0.2, 0.25) is 0 Å². The third-order valence-corrected chi connectivity index (χ3v) is 5.14. The zero-order valence-corrected chi connectivity index (χ0v) is 17.4. The summed E-state index contributed by atoms with van der Waals surface area (Å²) in [6, 6.07) is 12.4. The molecule has 4 aromatic rings. The molecular weight excluding hydrogens is 438 g/mol. The summed E-state index contributed by atoms with van der Waals surface area (Å²) in [5.74, 6) is 0.918. The third kappa shape index (κ3) is 3.75. The minimum Gasteiger partial charge on any atom is -0.493 e. The standard InChI is InChI=1S/C21H18BrN3O4/c1-12(18-8-13-4-3-5-17(28-2)20(13)29-18)24-19(26)10-25-11-23-16-7-6-14(22)9-15(16)21(25)27/h3-9,11-12H,10H2,1-2H3,(H,24,26). The topological polar surface area (TPSA) is 86.4 Å². The number of furan rings is 1. The fraction of sp³-hybridized carbons (Fsp3) is 0.190. The van der Waals surface area contributed by atoms with E-state index in [1.807, 2.05) is 37.3 Å². The molecule has 1 unspecified atom stereocenters. The highest BCUT2D eigenvalue weighted by atomic mass is 79.9. The fourth-order valence-electron chi connectivity index (χ4n) is 3.19. The molecule has 1 amide bonds. The first kappa shape index (κ1) is 19.2. The first-order valence-electron chi connectivity index (χ1n) is 8.97. The maximum atomic E-state index is 12.6. The van der Waals surface area contributed by atoms with Crippen molar-refractivity contribution in [1.82, 2.24) is 14.9 Å². The van der Waals surface area contributed by atoms with Gasteiger partial charge in [-0.25, -0.2) is 4.98 Å². The number of aromatic nitrogens is 2. The van der Waals surface area contributed by atoms with Gasteiger partial charge in [0.15, 0.2) is 11.3 Å². The van der Waals surface area contributed by atoms with Gasteiger partial charge in [-0.05, 0) is 37.3 Å². The Morgan fingerprint density at radius 1 is 1.31 bits per heavy atom. The number of carbonyl (C=O) groups is 1. The second-order valence-corrected chi connectivity index (χ2v) is 7.57. The van der Waals surface area contributed by atoms with E-state index in [1.165, 1.54) is 10.9 Å². The predicted molar refractivity (Wildman–Crippen MR) is 113 cm³/mol. The van der Waals surface area contributed by atoms with Gasteiger partial charge in [0.1, 0.15) is 12.3 Å². The van der Waals surface area contributed by atoms with Crippen molar-refractivity contribution in [1.29, 1.82) is 0 Å². The van der Waals surface area contributed by atoms with Gasteiger partial charge in [0.05, 0.1) is 30.4 Å². The molecular formula is C21H18BrN3O4. The molecule has 2 heterocycles. The second kappa shape index (κ2) is 7.71. The van der Waals surface area contributed by atoms with E-state index in [1.54, 1.807) is 19.2 Å². The molecule has 29 heavy (non-hydrogen) atoms. The van der Waals surface area contributed by atoms with Gasteiger partial charge in [-0.3, -0.25) is 14.2 Å². The highest BCUT2D eigenvalue weighted by Gasteiger charge is 2.17. The quantitative estimate of drug-likeness (QED) is 0.494. The van der Waals surface area contributed by atoms with E-state index in [0.29, 0.717) is 28.0 Å². The van der Waals surface area contributed by atoms with E-state index in [-0.39, 0.29) is 24.1 Å². The molecule has 0 radical (unpaired) electrons. The monoisotopic (exact) mass is 455 g/mol. The first-order valence-corrected chi connectivity index (χ1v) is 9.76. The van der Waals surface area contributed by atoms with Crippen LogP contribution in [-0.4, -0.2) is 22.6 Å². The average Bonchev–Trinajstić information content (AvgIpc) is 3.15. The number of rotatable bonds is 5. The summed E-state index contributed by atoms with van der Waals surface area (Å²) in [6.45, 7) is 1.68. The molecule has 0 bridgehead atoms. The van der Waals surface area contributed by atoms with E-state index in [9.17, 15) is 9.59 Å². The van der Waals surface area contributed by atoms with E-state index in [2.05, 4.69) is 26.2 Å². The van der Waals surface area contributed by atoms with Crippen molar-refractivity contribution in [3.8, 4) is 5.75 Å². The summed E-state index contributed by atoms with van der Waals surface area (Å²) in [4.78, 5) is 29.4. The molecule has 0 aliphatic heterocycles. The van der Waals surface area contributed by atoms with E-state index < -0.39 is 0 Å². The summed E-state index contributed by atoms with van der Waals surface area (Å²) >= 11 is 3.35. The second-order valence-electron chi connectivity index (χ2n) is 6.66. The summed E-state index contributed by atoms with van der Waals surface area (Å²) in [6.07, 6.45) is 1.38. The molecule has 7 nitrogen and oxygen atoms in total. The van der Waals surface area contributed by atoms with Crippen molar-refractivity contribution in [3.05, 3.63) is 69.4 Å². The van der Waals surface area contributed by atoms with E-state index in [4.69, 9.17) is 9.15 Å². The highest BCUT2D eigenvalue weighted by Crippen LogP contribution is 2.30. The van der Waals surface area contributed by atoms with Crippen LogP contribution < -0.4 is 15.6 Å². The van der Waals surface area contributed by atoms with Gasteiger partial charge in [0, 0.05) is 9.86 Å². The van der Waals surface area contributed by atoms with Gasteiger partial charge in [0.25, 0.3) is 5.56 Å². The lowest BCUT2D eigenvalue weighted by Crippen LogP contribution is -2.33. The molecule has 1 N–H and O–H groups in total. The number of para-hydroxylation sites is 1. The Morgan fingerprint density at radius 2 is 2.14 bits per heavy atom. The van der Waals surface area contributed by atoms with Crippen molar-refractivity contribution in [2.24, 2.45) is 0 Å². The van der Waals surface area contributed by atoms with Crippen molar-refractivity contribution in [2.45, 2.75) is 19.5 Å². The average molecular weight is 456 g/mol. The molecule has 0 spiro atoms. The van der Waals surface area contributed by atoms with Crippen LogP contribution in [0.15, 0.2) is 62.5 Å². The van der Waals surface area contributed by atoms with Crippen LogP contribution in [0.5, 0.6) is 5.75 Å². The number of methoxy groups -OCH3 is 1. The number of nitrogens with zero attached hydrogens (tertiary/aromatic N) is 2. The highest BCUT2D eigenvalue weighted by molar-refractivity contribution is 9.10. The summed E-state index contributed by atoms with van der Waals surface area (Å²) < 4.78 is 13.2. The number of fused-ring (bicyclic) bond motifs is 2. The minimum atomic E-state index is -0.377. The Hall–Kier alpha value is -3.13. The minimum absolute atomic E-state index is 0.137. The molecule has 0 aliphatic carbocycles. The number of ether oxygens (including phenoxy) is 1. The Morgan fingerprint density at radius 3 is 2.93 bits per heavy atom. The lowest BCUT2D eigenvalue weighted by Gasteiger charge is -2.12. The largest absolute Gasteiger partial charge is 0.493 e. The number of hydrogen-bond acceptors (Lipinski definition) is 5. The summed E-state index contributed by atoms with van der Waals surface area (Å²) in [5.41, 5.74) is 0.943. The molecule has 0 aliphatic rings. The summed E-state index contributed by atoms with van der Waals surface area (Å²) in [5, 5.41) is 4.20. The van der Waals surface area contributed by atoms with Crippen LogP contribution in [0, 0.1) is 0 Å². The lowest BCUT2D eigenvalue weighted by atomic mass is 10.2. The molecule has 1 atom stereocenters. The van der Waals surface area contributed by atoms with Gasteiger partial charge < -0.3 is 14.5 Å². The summed E-state index contributed by atoms with van der Waals surface area (Å²) in [7, 11) is 1.58. The van der Waals surface area contributed by atoms with Gasteiger partial charge >= 0.3 is 0 Å². The van der Waals surface area contributed by atoms with Crippen LogP contribution in [0.4, 0.5) is 0 Å². The SMILES string of the molecule is COc1cccc2cc(C(C)NC(=O)Cn3cnc4ccc(Br)cc4c3=O)oc12. The van der Waals surface area contributed by atoms with E-state index in [0.717, 1.165) is 9.86 Å². The Bertz CT molecular complexity index is 1280. The van der Waals surface area contributed by atoms with Crippen LogP contribution in [0.25, 0.3) is 21.9 Å². The molecule has 0 saturated heterocycles. The smallest absolute Gasteiger partial charge is 0.261 e. The van der Waals surface area contributed by atoms with Crippen LogP contribution in [0.1, 0.15) is 18.7 Å². The molecule has 148 valence electrons. The number of halogens is 1. The van der Waals surface area contributed by atoms with Crippen LogP contribution in [0.3, 0.4) is 0 Å². The first-order chi connectivity index (χ1) is 14.0. The number of nitrogens with one attached hydrogen (secondary N) is 1. The Kier molecular flexibility index (Phi) is 5.10. The number of amides is 1. The Labute approximate surface area is 174 Å². The predicted octanol–water partition coefficient (Wildman–Crippen LogP) is 3.79. The Balaban J connectivity index is 1.53. The molecule has 4 rings (SSSR count). The molecule has 0 fully saturated rings. The molecule has 8 heteroatoms. The van der Waals surface area contributed by atoms with Gasteiger partial charge in [-0.1, -0.05) is 28.1 Å². The van der Waals surface area contributed by atoms with Crippen molar-refractivity contribution in [3.63, 3.8) is 0 Å². The molecule has 0 saturated carbocycles. The lowest BCUT2D eigenvalue weighted by molar-refractivity contribution is -0.122. The van der Waals surface area contributed by atoms with Crippen LogP contribution >= 0.6 is 15.9 Å². The number of hydrogen-bond donors (Lipinski definition) is 1. The number of carbonyl (C=O) groups excluding carboxylic acids is 1. The maximum Gasteiger partial charge on any atom is 0.261 e. The van der Waals surface area contributed by atoms with Crippen molar-refractivity contribution < 1.29 is 13.9 Å². The van der Waals surface area contributed by atoms with E-state index >= 15 is 0 Å². The molecule has 2 aromatic heterocycles. The van der Waals surface area contributed by atoms with Gasteiger partial charge in [-0.15, -0.1) is 0 Å². The number of benzene rings is 2. The van der Waals surface area contributed by atoms with Crippen molar-refractivity contribution >= 4 is 43.7 Å². The maximum absolute atomic E-state index is 12.6. The van der Waals surface area contributed by atoms with Gasteiger partial charge in [-0.2, -0.15) is 0 Å². The normalized spacial score (nSPS) is 12.2. The van der Waals surface area contributed by atoms with Gasteiger partial charge in [0.2, 0.25) is 5.91 Å². The molecule has 2 aromatic carbocycles. The zero-order valence-electron chi connectivity index (χ0n) is 15.8.